The molecule has 1 amide bonds. The molecule has 2 aromatic heterocycles. The zero-order valence-corrected chi connectivity index (χ0v) is 17.0. The number of rotatable bonds is 4. The number of aryl methyl sites for hydroxylation is 1. The third kappa shape index (κ3) is 3.23. The average molecular weight is 410 g/mol. The first-order chi connectivity index (χ1) is 14.5. The highest BCUT2D eigenvalue weighted by Gasteiger charge is 2.30. The topological polar surface area (TPSA) is 122 Å². The van der Waals surface area contributed by atoms with Gasteiger partial charge in [-0.3, -0.25) is 9.48 Å². The van der Waals surface area contributed by atoms with Crippen molar-refractivity contribution in [3.8, 4) is 11.3 Å². The Balaban J connectivity index is 1.68. The number of fused-ring (bicyclic) bond motifs is 1. The van der Waals surface area contributed by atoms with E-state index in [0.717, 1.165) is 54.6 Å². The summed E-state index contributed by atoms with van der Waals surface area (Å²) in [6, 6.07) is 4.01. The molecule has 2 aliphatic heterocycles. The van der Waals surface area contributed by atoms with E-state index in [-0.39, 0.29) is 17.7 Å². The van der Waals surface area contributed by atoms with Gasteiger partial charge in [0.05, 0.1) is 17.8 Å². The Bertz CT molecular complexity index is 1100. The molecule has 4 heterocycles. The number of aliphatic hydroxyl groups is 1. The molecule has 1 aromatic carbocycles. The molecule has 9 heteroatoms. The van der Waals surface area contributed by atoms with Crippen molar-refractivity contribution in [2.24, 2.45) is 12.8 Å². The van der Waals surface area contributed by atoms with Gasteiger partial charge in [0.15, 0.2) is 17.3 Å². The van der Waals surface area contributed by atoms with E-state index in [0.29, 0.717) is 24.6 Å². The van der Waals surface area contributed by atoms with Crippen LogP contribution < -0.4 is 16.0 Å². The normalized spacial score (nSPS) is 20.3. The Morgan fingerprint density at radius 1 is 1.30 bits per heavy atom. The van der Waals surface area contributed by atoms with Crippen molar-refractivity contribution in [2.75, 3.05) is 31.1 Å². The van der Waals surface area contributed by atoms with Crippen LogP contribution in [0.4, 0.5) is 5.69 Å². The van der Waals surface area contributed by atoms with Crippen molar-refractivity contribution in [1.29, 1.82) is 0 Å². The highest BCUT2D eigenvalue weighted by Crippen LogP contribution is 2.40. The van der Waals surface area contributed by atoms with E-state index < -0.39 is 5.91 Å². The predicted octanol–water partition coefficient (Wildman–Crippen LogP) is 1.37. The van der Waals surface area contributed by atoms with Crippen LogP contribution in [-0.4, -0.2) is 58.1 Å². The molecule has 2 fully saturated rings. The van der Waals surface area contributed by atoms with Gasteiger partial charge in [-0.15, -0.1) is 0 Å². The molecule has 0 aliphatic carbocycles. The zero-order valence-electron chi connectivity index (χ0n) is 17.0. The number of piperidine rings is 1. The zero-order chi connectivity index (χ0) is 20.8. The van der Waals surface area contributed by atoms with E-state index >= 15 is 0 Å². The molecule has 1 atom stereocenters. The molecule has 9 nitrogen and oxygen atoms in total. The van der Waals surface area contributed by atoms with Crippen molar-refractivity contribution in [1.82, 2.24) is 20.1 Å². The number of nitrogens with two attached hydrogens (primary N) is 1. The summed E-state index contributed by atoms with van der Waals surface area (Å²) in [5.74, 6) is 0.523. The summed E-state index contributed by atoms with van der Waals surface area (Å²) in [6.07, 6.45) is 3.95. The molecule has 3 aromatic rings. The van der Waals surface area contributed by atoms with Crippen LogP contribution >= 0.6 is 0 Å². The molecule has 4 N–H and O–H groups in total. The number of carbonyl (C=O) groups excluding carboxylic acids is 1. The van der Waals surface area contributed by atoms with Crippen molar-refractivity contribution < 1.29 is 14.3 Å². The highest BCUT2D eigenvalue weighted by atomic mass is 16.4. The number of carbonyl (C=O) groups is 1. The molecule has 0 bridgehead atoms. The van der Waals surface area contributed by atoms with Crippen LogP contribution in [0.25, 0.3) is 22.2 Å². The number of hydrogen-bond acceptors (Lipinski definition) is 7. The smallest absolute Gasteiger partial charge is 0.271 e. The highest BCUT2D eigenvalue weighted by molar-refractivity contribution is 6.00. The van der Waals surface area contributed by atoms with Crippen molar-refractivity contribution in [3.05, 3.63) is 29.9 Å². The summed E-state index contributed by atoms with van der Waals surface area (Å²) in [4.78, 5) is 18.9. The summed E-state index contributed by atoms with van der Waals surface area (Å²) in [6.45, 7) is 3.04. The second-order valence-corrected chi connectivity index (χ2v) is 8.20. The molecule has 5 rings (SSSR count). The lowest BCUT2D eigenvalue weighted by atomic mass is 9.98. The maximum Gasteiger partial charge on any atom is 0.271 e. The van der Waals surface area contributed by atoms with Gasteiger partial charge in [0.2, 0.25) is 0 Å². The van der Waals surface area contributed by atoms with Crippen LogP contribution in [0.3, 0.4) is 0 Å². The number of oxazole rings is 1. The van der Waals surface area contributed by atoms with Gasteiger partial charge >= 0.3 is 0 Å². The minimum Gasteiger partial charge on any atom is -0.439 e. The quantitative estimate of drug-likeness (QED) is 0.594. The van der Waals surface area contributed by atoms with E-state index in [9.17, 15) is 9.90 Å². The summed E-state index contributed by atoms with van der Waals surface area (Å²) >= 11 is 0. The Hall–Kier alpha value is -2.91. The van der Waals surface area contributed by atoms with Gasteiger partial charge in [-0.25, -0.2) is 4.98 Å². The Kier molecular flexibility index (Phi) is 4.71. The number of aliphatic hydroxyl groups excluding tert-OH is 1. The number of benzene rings is 1. The number of hydrogen-bond donors (Lipinski definition) is 3. The summed E-state index contributed by atoms with van der Waals surface area (Å²) in [5.41, 5.74) is 8.42. The van der Waals surface area contributed by atoms with Gasteiger partial charge < -0.3 is 25.5 Å². The average Bonchev–Trinajstić information content (AvgIpc) is 3.46. The fourth-order valence-corrected chi connectivity index (χ4v) is 4.52. The first-order valence-electron chi connectivity index (χ1n) is 10.4. The molecule has 158 valence electrons. The number of primary amides is 1. The van der Waals surface area contributed by atoms with Gasteiger partial charge in [0.25, 0.3) is 5.91 Å². The van der Waals surface area contributed by atoms with Crippen molar-refractivity contribution in [2.45, 2.75) is 31.3 Å². The third-order valence-electron chi connectivity index (χ3n) is 6.18. The minimum absolute atomic E-state index is 0.158. The second kappa shape index (κ2) is 7.41. The van der Waals surface area contributed by atoms with E-state index in [1.165, 1.54) is 0 Å². The summed E-state index contributed by atoms with van der Waals surface area (Å²) in [5, 5.41) is 18.8. The minimum atomic E-state index is -0.605. The molecule has 2 saturated heterocycles. The lowest BCUT2D eigenvalue weighted by Gasteiger charge is -2.21. The van der Waals surface area contributed by atoms with Crippen molar-refractivity contribution in [3.63, 3.8) is 0 Å². The summed E-state index contributed by atoms with van der Waals surface area (Å²) < 4.78 is 8.02. The fourth-order valence-electron chi connectivity index (χ4n) is 4.52. The molecule has 0 radical (unpaired) electrons. The van der Waals surface area contributed by atoms with Crippen molar-refractivity contribution >= 4 is 22.5 Å². The lowest BCUT2D eigenvalue weighted by Crippen LogP contribution is -2.26. The molecule has 30 heavy (non-hydrogen) atoms. The largest absolute Gasteiger partial charge is 0.439 e. The second-order valence-electron chi connectivity index (χ2n) is 8.20. The van der Waals surface area contributed by atoms with Crippen LogP contribution in [-0.2, 0) is 7.05 Å². The number of aromatic nitrogens is 3. The van der Waals surface area contributed by atoms with Gasteiger partial charge in [0.1, 0.15) is 0 Å². The van der Waals surface area contributed by atoms with Crippen LogP contribution in [0, 0.1) is 0 Å². The van der Waals surface area contributed by atoms with E-state index in [4.69, 9.17) is 10.2 Å². The van der Waals surface area contributed by atoms with E-state index in [1.807, 2.05) is 25.4 Å². The monoisotopic (exact) mass is 410 g/mol. The first-order valence-corrected chi connectivity index (χ1v) is 10.4. The number of β-amino-alcohol motifs (C(OH)–C–C–N with tert-alkyl or cyclic N) is 1. The standard InChI is InChI=1S/C21H26N6O3/c1-26-16-9-15(17(8-13(16)10-24-26)27-7-4-14(28)11-27)19-18(20(22)29)25-21(30-19)12-2-5-23-6-3-12/h8-10,12,14,23,28H,2-7,11H2,1H3,(H2,22,29). The molecule has 0 saturated carbocycles. The van der Waals surface area contributed by atoms with E-state index in [2.05, 4.69) is 20.3 Å². The van der Waals surface area contributed by atoms with Crippen LogP contribution in [0.5, 0.6) is 0 Å². The Morgan fingerprint density at radius 2 is 2.10 bits per heavy atom. The fraction of sp³-hybridized carbons (Fsp3) is 0.476. The first kappa shape index (κ1) is 19.1. The predicted molar refractivity (Wildman–Crippen MR) is 112 cm³/mol. The van der Waals surface area contributed by atoms with E-state index in [1.54, 1.807) is 4.68 Å². The third-order valence-corrected chi connectivity index (χ3v) is 6.18. The number of amides is 1. The van der Waals surface area contributed by atoms with Crippen LogP contribution in [0.1, 0.15) is 41.6 Å². The molecular weight excluding hydrogens is 384 g/mol. The van der Waals surface area contributed by atoms with Crippen LogP contribution in [0.2, 0.25) is 0 Å². The van der Waals surface area contributed by atoms with Gasteiger partial charge in [-0.1, -0.05) is 0 Å². The van der Waals surface area contributed by atoms with Crippen LogP contribution in [0.15, 0.2) is 22.7 Å². The van der Waals surface area contributed by atoms with Gasteiger partial charge in [-0.05, 0) is 44.5 Å². The maximum absolute atomic E-state index is 12.3. The molecular formula is C21H26N6O3. The number of anilines is 1. The van der Waals surface area contributed by atoms with Gasteiger partial charge in [0, 0.05) is 42.7 Å². The molecule has 1 unspecified atom stereocenters. The maximum atomic E-state index is 12.3. The lowest BCUT2D eigenvalue weighted by molar-refractivity contribution is 0.0996. The van der Waals surface area contributed by atoms with Gasteiger partial charge in [-0.2, -0.15) is 5.10 Å². The molecule has 0 spiro atoms. The summed E-state index contributed by atoms with van der Waals surface area (Å²) in [7, 11) is 1.88. The Labute approximate surface area is 173 Å². The SMILES string of the molecule is Cn1ncc2cc(N3CCC(O)C3)c(-c3oc(C4CCNCC4)nc3C(N)=O)cc21. The Morgan fingerprint density at radius 3 is 2.80 bits per heavy atom. The molecule has 2 aliphatic rings. The number of nitrogens with zero attached hydrogens (tertiary/aromatic N) is 4. The number of nitrogens with one attached hydrogen (secondary N) is 1.